The van der Waals surface area contributed by atoms with E-state index in [4.69, 9.17) is 0 Å². The highest BCUT2D eigenvalue weighted by molar-refractivity contribution is 7.89. The molecule has 2 aliphatic heterocycles. The molecular formula is C11H20N2O3S. The SMILES string of the molecule is CC(=O)N1CCC(S(=O)(=O)N2CCCC2)CC1. The molecule has 0 aliphatic carbocycles. The summed E-state index contributed by atoms with van der Waals surface area (Å²) in [7, 11) is -3.12. The van der Waals surface area contributed by atoms with Gasteiger partial charge in [0.15, 0.2) is 0 Å². The summed E-state index contributed by atoms with van der Waals surface area (Å²) in [6, 6.07) is 0. The lowest BCUT2D eigenvalue weighted by molar-refractivity contribution is -0.129. The first kappa shape index (κ1) is 12.8. The molecule has 2 aliphatic rings. The van der Waals surface area contributed by atoms with Gasteiger partial charge in [-0.2, -0.15) is 0 Å². The van der Waals surface area contributed by atoms with Gasteiger partial charge in [0.2, 0.25) is 15.9 Å². The van der Waals surface area contributed by atoms with Gasteiger partial charge in [-0.25, -0.2) is 12.7 Å². The molecule has 0 unspecified atom stereocenters. The van der Waals surface area contributed by atoms with Gasteiger partial charge in [0.05, 0.1) is 5.25 Å². The monoisotopic (exact) mass is 260 g/mol. The van der Waals surface area contributed by atoms with Gasteiger partial charge in [-0.15, -0.1) is 0 Å². The summed E-state index contributed by atoms with van der Waals surface area (Å²) in [5, 5.41) is -0.281. The first-order chi connectivity index (χ1) is 8.01. The second-order valence-electron chi connectivity index (χ2n) is 4.86. The highest BCUT2D eigenvalue weighted by atomic mass is 32.2. The summed E-state index contributed by atoms with van der Waals surface area (Å²) < 4.78 is 26.2. The Balaban J connectivity index is 1.98. The third-order valence-corrected chi connectivity index (χ3v) is 6.13. The van der Waals surface area contributed by atoms with Crippen LogP contribution in [0.2, 0.25) is 0 Å². The minimum Gasteiger partial charge on any atom is -0.343 e. The Morgan fingerprint density at radius 2 is 1.59 bits per heavy atom. The Bertz CT molecular complexity index is 380. The number of hydrogen-bond acceptors (Lipinski definition) is 3. The van der Waals surface area contributed by atoms with Crippen molar-refractivity contribution in [2.45, 2.75) is 37.9 Å². The van der Waals surface area contributed by atoms with E-state index in [9.17, 15) is 13.2 Å². The molecule has 2 rings (SSSR count). The molecule has 5 nitrogen and oxygen atoms in total. The van der Waals surface area contributed by atoms with Gasteiger partial charge >= 0.3 is 0 Å². The highest BCUT2D eigenvalue weighted by Gasteiger charge is 2.36. The third-order valence-electron chi connectivity index (χ3n) is 3.73. The minimum absolute atomic E-state index is 0.0435. The number of carbonyl (C=O) groups is 1. The molecule has 2 fully saturated rings. The van der Waals surface area contributed by atoms with Crippen LogP contribution in [0.15, 0.2) is 0 Å². The van der Waals surface area contributed by atoms with Crippen LogP contribution >= 0.6 is 0 Å². The number of hydrogen-bond donors (Lipinski definition) is 0. The molecule has 98 valence electrons. The first-order valence-corrected chi connectivity index (χ1v) is 7.76. The Morgan fingerprint density at radius 3 is 2.06 bits per heavy atom. The Morgan fingerprint density at radius 1 is 1.06 bits per heavy atom. The zero-order valence-corrected chi connectivity index (χ0v) is 11.1. The fraction of sp³-hybridized carbons (Fsp3) is 0.909. The maximum absolute atomic E-state index is 12.3. The largest absolute Gasteiger partial charge is 0.343 e. The number of piperidine rings is 1. The zero-order valence-electron chi connectivity index (χ0n) is 10.3. The molecule has 0 aromatic rings. The molecule has 0 saturated carbocycles. The van der Waals surface area contributed by atoms with Crippen molar-refractivity contribution in [2.75, 3.05) is 26.2 Å². The number of rotatable bonds is 2. The smallest absolute Gasteiger partial charge is 0.219 e. The van der Waals surface area contributed by atoms with Crippen LogP contribution in [0, 0.1) is 0 Å². The van der Waals surface area contributed by atoms with E-state index >= 15 is 0 Å². The van der Waals surface area contributed by atoms with Crippen molar-refractivity contribution in [1.29, 1.82) is 0 Å². The Labute approximate surface area is 103 Å². The fourth-order valence-corrected chi connectivity index (χ4v) is 4.62. The average molecular weight is 260 g/mol. The summed E-state index contributed by atoms with van der Waals surface area (Å²) in [5.41, 5.74) is 0. The molecule has 0 bridgehead atoms. The third kappa shape index (κ3) is 2.63. The van der Waals surface area contributed by atoms with Gasteiger partial charge in [-0.05, 0) is 25.7 Å². The van der Waals surface area contributed by atoms with Crippen molar-refractivity contribution < 1.29 is 13.2 Å². The van der Waals surface area contributed by atoms with Crippen molar-refractivity contribution >= 4 is 15.9 Å². The normalized spacial score (nSPS) is 24.2. The molecular weight excluding hydrogens is 240 g/mol. The molecule has 1 amide bonds. The van der Waals surface area contributed by atoms with Gasteiger partial charge in [0.25, 0.3) is 0 Å². The van der Waals surface area contributed by atoms with Crippen LogP contribution in [-0.4, -0.2) is 55.0 Å². The molecule has 17 heavy (non-hydrogen) atoms. The van der Waals surface area contributed by atoms with Gasteiger partial charge < -0.3 is 4.90 Å². The van der Waals surface area contributed by atoms with E-state index in [1.807, 2.05) is 0 Å². The van der Waals surface area contributed by atoms with Crippen molar-refractivity contribution in [3.05, 3.63) is 0 Å². The van der Waals surface area contributed by atoms with Gasteiger partial charge in [0.1, 0.15) is 0 Å². The van der Waals surface area contributed by atoms with E-state index in [0.717, 1.165) is 12.8 Å². The molecule has 0 spiro atoms. The van der Waals surface area contributed by atoms with Gasteiger partial charge in [-0.3, -0.25) is 4.79 Å². The van der Waals surface area contributed by atoms with Crippen molar-refractivity contribution in [2.24, 2.45) is 0 Å². The molecule has 2 saturated heterocycles. The van der Waals surface area contributed by atoms with Crippen molar-refractivity contribution in [3.63, 3.8) is 0 Å². The van der Waals surface area contributed by atoms with Crippen molar-refractivity contribution in [3.8, 4) is 0 Å². The molecule has 0 aromatic heterocycles. The summed E-state index contributed by atoms with van der Waals surface area (Å²) in [6.45, 7) is 4.04. The number of carbonyl (C=O) groups excluding carboxylic acids is 1. The quantitative estimate of drug-likeness (QED) is 0.723. The molecule has 2 heterocycles. The van der Waals surface area contributed by atoms with E-state index in [1.54, 1.807) is 9.21 Å². The van der Waals surface area contributed by atoms with E-state index in [1.165, 1.54) is 6.92 Å². The number of likely N-dealkylation sites (tertiary alicyclic amines) is 1. The maximum Gasteiger partial charge on any atom is 0.219 e. The second-order valence-corrected chi connectivity index (χ2v) is 7.07. The van der Waals surface area contributed by atoms with Gasteiger partial charge in [0, 0.05) is 33.1 Å². The van der Waals surface area contributed by atoms with Crippen LogP contribution in [0.25, 0.3) is 0 Å². The van der Waals surface area contributed by atoms with E-state index in [0.29, 0.717) is 39.0 Å². The molecule has 0 N–H and O–H groups in total. The Kier molecular flexibility index (Phi) is 3.73. The van der Waals surface area contributed by atoms with Crippen LogP contribution in [-0.2, 0) is 14.8 Å². The first-order valence-electron chi connectivity index (χ1n) is 6.26. The van der Waals surface area contributed by atoms with Gasteiger partial charge in [-0.1, -0.05) is 0 Å². The molecule has 0 atom stereocenters. The zero-order chi connectivity index (χ0) is 12.5. The number of nitrogens with zero attached hydrogens (tertiary/aromatic N) is 2. The fourth-order valence-electron chi connectivity index (χ4n) is 2.62. The number of sulfonamides is 1. The predicted molar refractivity (Wildman–Crippen MR) is 65.0 cm³/mol. The lowest BCUT2D eigenvalue weighted by Gasteiger charge is -2.32. The topological polar surface area (TPSA) is 57.7 Å². The molecule has 0 radical (unpaired) electrons. The summed E-state index contributed by atoms with van der Waals surface area (Å²) >= 11 is 0. The number of amides is 1. The van der Waals surface area contributed by atoms with Crippen LogP contribution in [0.3, 0.4) is 0 Å². The maximum atomic E-state index is 12.3. The minimum atomic E-state index is -3.12. The van der Waals surface area contributed by atoms with E-state index < -0.39 is 10.0 Å². The predicted octanol–water partition coefficient (Wildman–Crippen LogP) is 0.423. The summed E-state index contributed by atoms with van der Waals surface area (Å²) in [4.78, 5) is 12.9. The highest BCUT2D eigenvalue weighted by Crippen LogP contribution is 2.24. The van der Waals surface area contributed by atoms with Crippen LogP contribution in [0.1, 0.15) is 32.6 Å². The average Bonchev–Trinajstić information content (AvgIpc) is 2.83. The van der Waals surface area contributed by atoms with E-state index in [2.05, 4.69) is 0 Å². The Hall–Kier alpha value is -0.620. The molecule has 6 heteroatoms. The second kappa shape index (κ2) is 4.94. The standard InChI is InChI=1S/C11H20N2O3S/c1-10(14)12-8-4-11(5-9-12)17(15,16)13-6-2-3-7-13/h11H,2-9H2,1H3. The lowest BCUT2D eigenvalue weighted by atomic mass is 10.1. The van der Waals surface area contributed by atoms with Crippen molar-refractivity contribution in [1.82, 2.24) is 9.21 Å². The van der Waals surface area contributed by atoms with Crippen LogP contribution in [0.4, 0.5) is 0 Å². The van der Waals surface area contributed by atoms with Crippen LogP contribution < -0.4 is 0 Å². The van der Waals surface area contributed by atoms with E-state index in [-0.39, 0.29) is 11.2 Å². The molecule has 0 aromatic carbocycles. The summed E-state index contributed by atoms with van der Waals surface area (Å²) in [6.07, 6.45) is 3.12. The summed E-state index contributed by atoms with van der Waals surface area (Å²) in [5.74, 6) is 0.0435. The van der Waals surface area contributed by atoms with Crippen LogP contribution in [0.5, 0.6) is 0 Å². The lowest BCUT2D eigenvalue weighted by Crippen LogP contribution is -2.45.